The Bertz CT molecular complexity index is 1710. The zero-order chi connectivity index (χ0) is 34.8. The summed E-state index contributed by atoms with van der Waals surface area (Å²) in [6.07, 6.45) is -3.88. The molecule has 1 aromatic heterocycles. The van der Waals surface area contributed by atoms with Gasteiger partial charge in [0.2, 0.25) is 0 Å². The minimum atomic E-state index is -2.47. The molecule has 7 aliphatic rings. The van der Waals surface area contributed by atoms with Gasteiger partial charge in [-0.15, -0.1) is 0 Å². The Kier molecular flexibility index (Phi) is 5.89. The highest BCUT2D eigenvalue weighted by Crippen LogP contribution is 2.88. The van der Waals surface area contributed by atoms with Crippen LogP contribution in [-0.2, 0) is 52.3 Å². The van der Waals surface area contributed by atoms with Crippen LogP contribution in [0.15, 0.2) is 34.7 Å². The average Bonchev–Trinajstić information content (AvgIpc) is 3.76. The zero-order valence-electron chi connectivity index (χ0n) is 27.4. The van der Waals surface area contributed by atoms with Crippen molar-refractivity contribution in [2.24, 2.45) is 22.2 Å². The number of hydrogen-bond acceptors (Lipinski definition) is 15. The van der Waals surface area contributed by atoms with E-state index in [9.17, 15) is 34.5 Å². The van der Waals surface area contributed by atoms with Crippen LogP contribution in [0.3, 0.4) is 0 Å². The SMILES string of the molecule is COC(=O)[C@@H](O)C1[C@@]2(C)[C@@]3(O)C[C@@]1(C)[C@@H](OC(C)=O)[C@@]3(O)[C@@H]1O[C@]3(C)O[C@]24C[C@@H](OC(C)=O)[C@@]2(C)C(=CC(=O)O[C@H]2c2ccoc2)[C@]14O3. The van der Waals surface area contributed by atoms with Crippen molar-refractivity contribution in [1.82, 2.24) is 0 Å². The normalized spacial score (nSPS) is 52.5. The van der Waals surface area contributed by atoms with Crippen LogP contribution in [0.1, 0.15) is 66.1 Å². The molecular formula is C33H38O15. The van der Waals surface area contributed by atoms with Gasteiger partial charge in [0.05, 0.1) is 25.1 Å². The van der Waals surface area contributed by atoms with Crippen LogP contribution in [0.25, 0.3) is 0 Å². The summed E-state index contributed by atoms with van der Waals surface area (Å²) in [6.45, 7) is 8.71. The highest BCUT2D eigenvalue weighted by atomic mass is 16.9. The van der Waals surface area contributed by atoms with Crippen LogP contribution >= 0.6 is 0 Å². The summed E-state index contributed by atoms with van der Waals surface area (Å²) in [5.74, 6) is -6.59. The fraction of sp³-hybridized carbons (Fsp3) is 0.697. The summed E-state index contributed by atoms with van der Waals surface area (Å²) in [4.78, 5) is 52.4. The van der Waals surface area contributed by atoms with E-state index in [4.69, 9.17) is 37.6 Å². The third-order valence-electron chi connectivity index (χ3n) is 13.1. The van der Waals surface area contributed by atoms with Crippen LogP contribution in [0, 0.1) is 22.2 Å². The summed E-state index contributed by atoms with van der Waals surface area (Å²) >= 11 is 0. The number of aliphatic hydroxyl groups excluding tert-OH is 1. The number of carbonyl (C=O) groups is 4. The molecule has 3 N–H and O–H groups in total. The summed E-state index contributed by atoms with van der Waals surface area (Å²) < 4.78 is 48.2. The van der Waals surface area contributed by atoms with Crippen LogP contribution in [-0.4, -0.2) is 99.1 Å². The molecule has 1 unspecified atom stereocenters. The van der Waals surface area contributed by atoms with E-state index >= 15 is 0 Å². The van der Waals surface area contributed by atoms with Crippen molar-refractivity contribution in [1.29, 1.82) is 0 Å². The van der Waals surface area contributed by atoms with Gasteiger partial charge < -0.3 is 52.9 Å². The molecule has 4 heterocycles. The van der Waals surface area contributed by atoms with Crippen molar-refractivity contribution in [3.8, 4) is 0 Å². The first-order valence-electron chi connectivity index (χ1n) is 15.9. The number of carbonyl (C=O) groups excluding carboxylic acids is 4. The van der Waals surface area contributed by atoms with Gasteiger partial charge in [0.25, 0.3) is 5.97 Å². The summed E-state index contributed by atoms with van der Waals surface area (Å²) in [6, 6.07) is 1.60. The van der Waals surface area contributed by atoms with Crippen LogP contribution in [0.5, 0.6) is 0 Å². The van der Waals surface area contributed by atoms with Gasteiger partial charge >= 0.3 is 23.9 Å². The monoisotopic (exact) mass is 674 g/mol. The maximum absolute atomic E-state index is 13.6. The lowest BCUT2D eigenvalue weighted by Gasteiger charge is -2.76. The maximum atomic E-state index is 13.6. The van der Waals surface area contributed by atoms with E-state index in [0.717, 1.165) is 14.0 Å². The van der Waals surface area contributed by atoms with Crippen molar-refractivity contribution < 1.29 is 72.1 Å². The number of hydrogen-bond donors (Lipinski definition) is 3. The molecule has 260 valence electrons. The summed E-state index contributed by atoms with van der Waals surface area (Å²) in [7, 11) is 1.10. The van der Waals surface area contributed by atoms with Crippen LogP contribution < -0.4 is 0 Å². The minimum absolute atomic E-state index is 0.159. The second kappa shape index (κ2) is 8.87. The molecule has 48 heavy (non-hydrogen) atoms. The third kappa shape index (κ3) is 2.98. The quantitative estimate of drug-likeness (QED) is 0.291. The first-order valence-corrected chi connectivity index (χ1v) is 15.9. The number of esters is 4. The van der Waals surface area contributed by atoms with Gasteiger partial charge in [-0.1, -0.05) is 13.8 Å². The summed E-state index contributed by atoms with van der Waals surface area (Å²) in [5.41, 5.74) is -12.8. The van der Waals surface area contributed by atoms with Crippen LogP contribution in [0.4, 0.5) is 0 Å². The highest BCUT2D eigenvalue weighted by Gasteiger charge is 3.03. The molecule has 3 aliphatic heterocycles. The van der Waals surface area contributed by atoms with Crippen molar-refractivity contribution >= 4 is 23.9 Å². The van der Waals surface area contributed by atoms with Gasteiger partial charge in [-0.3, -0.25) is 9.59 Å². The number of methoxy groups -OCH3 is 1. The Morgan fingerprint density at radius 2 is 1.73 bits per heavy atom. The fourth-order valence-corrected chi connectivity index (χ4v) is 11.9. The molecule has 2 saturated heterocycles. The maximum Gasteiger partial charge on any atom is 0.335 e. The topological polar surface area (TPSA) is 207 Å². The summed E-state index contributed by atoms with van der Waals surface area (Å²) in [5, 5.41) is 38.2. The van der Waals surface area contributed by atoms with Crippen molar-refractivity contribution in [2.75, 3.05) is 7.11 Å². The minimum Gasteiger partial charge on any atom is -0.472 e. The van der Waals surface area contributed by atoms with Gasteiger partial charge in [-0.25, -0.2) is 9.59 Å². The molecule has 14 atom stereocenters. The molecule has 6 fully saturated rings. The van der Waals surface area contributed by atoms with Crippen LogP contribution in [0.2, 0.25) is 0 Å². The second-order valence-electron chi connectivity index (χ2n) is 15.1. The number of fused-ring (bicyclic) bond motifs is 4. The average molecular weight is 675 g/mol. The molecule has 15 nitrogen and oxygen atoms in total. The Balaban J connectivity index is 1.49. The van der Waals surface area contributed by atoms with Crippen molar-refractivity contribution in [2.45, 2.75) is 113 Å². The second-order valence-corrected chi connectivity index (χ2v) is 15.1. The highest BCUT2D eigenvalue weighted by molar-refractivity contribution is 5.86. The van der Waals surface area contributed by atoms with E-state index in [1.165, 1.54) is 32.4 Å². The molecule has 1 spiro atoms. The van der Waals surface area contributed by atoms with E-state index in [2.05, 4.69) is 0 Å². The number of aliphatic hydroxyl groups is 3. The largest absolute Gasteiger partial charge is 0.472 e. The van der Waals surface area contributed by atoms with E-state index in [-0.39, 0.29) is 18.4 Å². The number of rotatable bonds is 5. The van der Waals surface area contributed by atoms with E-state index < -0.39 is 105 Å². The lowest BCUT2D eigenvalue weighted by atomic mass is 9.34. The molecular weight excluding hydrogens is 636 g/mol. The smallest absolute Gasteiger partial charge is 0.335 e. The fourth-order valence-electron chi connectivity index (χ4n) is 11.9. The lowest BCUT2D eigenvalue weighted by molar-refractivity contribution is -0.449. The van der Waals surface area contributed by atoms with Crippen molar-refractivity contribution in [3.63, 3.8) is 0 Å². The van der Waals surface area contributed by atoms with Gasteiger partial charge in [-0.05, 0) is 25.0 Å². The molecule has 0 aromatic carbocycles. The van der Waals surface area contributed by atoms with E-state index in [0.29, 0.717) is 5.56 Å². The van der Waals surface area contributed by atoms with Gasteiger partial charge in [0, 0.05) is 55.6 Å². The Hall–Kier alpha value is -3.34. The standard InChI is InChI=1S/C33H38O15/c1-14(34)43-18-11-31-28(5)21(20(37)23(38)41-7)26(3)13-30(28,39)32(40,24(26)44-15(2)35)25-33(31,48-29(6,46-25)47-31)17-10-19(36)45-22(27(17,18)4)16-8-9-42-12-16/h8-10,12,18,20-22,24-25,37,39-40H,11,13H2,1-7H3/t18-,20+,21?,22+,24-,25+,26-,27-,28+,29-,30+,31-,32-,33+/m1/s1. The molecule has 8 rings (SSSR count). The van der Waals surface area contributed by atoms with E-state index in [1.807, 2.05) is 0 Å². The predicted molar refractivity (Wildman–Crippen MR) is 153 cm³/mol. The van der Waals surface area contributed by atoms with Crippen molar-refractivity contribution in [3.05, 3.63) is 35.8 Å². The number of cyclic esters (lactones) is 1. The number of furan rings is 1. The molecule has 4 saturated carbocycles. The van der Waals surface area contributed by atoms with Gasteiger partial charge in [0.15, 0.2) is 17.3 Å². The molecule has 15 heteroatoms. The molecule has 1 aromatic rings. The first-order chi connectivity index (χ1) is 22.3. The predicted octanol–water partition coefficient (Wildman–Crippen LogP) is 0.730. The zero-order valence-corrected chi connectivity index (χ0v) is 27.4. The molecule has 4 bridgehead atoms. The Labute approximate surface area is 274 Å². The van der Waals surface area contributed by atoms with E-state index in [1.54, 1.807) is 26.8 Å². The first kappa shape index (κ1) is 31.9. The molecule has 0 amide bonds. The third-order valence-corrected chi connectivity index (χ3v) is 13.1. The lowest BCUT2D eigenvalue weighted by Crippen LogP contribution is -2.93. The number of ether oxygens (including phenoxy) is 7. The Morgan fingerprint density at radius 1 is 1.04 bits per heavy atom. The Morgan fingerprint density at radius 3 is 2.33 bits per heavy atom. The molecule has 4 aliphatic carbocycles. The molecule has 0 radical (unpaired) electrons. The van der Waals surface area contributed by atoms with Gasteiger partial charge in [0.1, 0.15) is 35.6 Å². The van der Waals surface area contributed by atoms with Gasteiger partial charge in [-0.2, -0.15) is 0 Å².